The van der Waals surface area contributed by atoms with Gasteiger partial charge in [-0.15, -0.1) is 0 Å². The SMILES string of the molecule is COc1ccc(CCN2C(=O)/C(=C/c3ccc(O)c(OC)c3)SC2=S)cc1. The average molecular weight is 402 g/mol. The summed E-state index contributed by atoms with van der Waals surface area (Å²) in [5, 5.41) is 9.69. The number of benzene rings is 2. The highest BCUT2D eigenvalue weighted by Crippen LogP contribution is 2.34. The van der Waals surface area contributed by atoms with Gasteiger partial charge in [0, 0.05) is 6.54 Å². The number of ether oxygens (including phenoxy) is 2. The van der Waals surface area contributed by atoms with E-state index in [1.165, 1.54) is 24.9 Å². The van der Waals surface area contributed by atoms with Gasteiger partial charge in [0.15, 0.2) is 11.5 Å². The quantitative estimate of drug-likeness (QED) is 0.586. The van der Waals surface area contributed by atoms with E-state index in [0.717, 1.165) is 16.9 Å². The molecule has 2 aromatic carbocycles. The van der Waals surface area contributed by atoms with E-state index in [1.807, 2.05) is 24.3 Å². The van der Waals surface area contributed by atoms with E-state index in [0.29, 0.717) is 27.9 Å². The Kier molecular flexibility index (Phi) is 6.03. The van der Waals surface area contributed by atoms with E-state index < -0.39 is 0 Å². The number of carbonyl (C=O) groups excluding carboxylic acids is 1. The number of amides is 1. The molecule has 1 N–H and O–H groups in total. The average Bonchev–Trinajstić information content (AvgIpc) is 2.95. The number of hydrogen-bond acceptors (Lipinski definition) is 6. The Hall–Kier alpha value is -2.51. The number of phenolic OH excluding ortho intramolecular Hbond substituents is 1. The molecule has 7 heteroatoms. The van der Waals surface area contributed by atoms with Crippen molar-refractivity contribution in [3.05, 3.63) is 58.5 Å². The van der Waals surface area contributed by atoms with E-state index in [1.54, 1.807) is 30.2 Å². The van der Waals surface area contributed by atoms with Gasteiger partial charge in [-0.05, 0) is 47.9 Å². The van der Waals surface area contributed by atoms with Crippen LogP contribution in [-0.2, 0) is 11.2 Å². The molecule has 1 heterocycles. The minimum Gasteiger partial charge on any atom is -0.504 e. The second kappa shape index (κ2) is 8.45. The lowest BCUT2D eigenvalue weighted by Crippen LogP contribution is -2.30. The first-order valence-electron chi connectivity index (χ1n) is 8.27. The number of hydrogen-bond donors (Lipinski definition) is 1. The lowest BCUT2D eigenvalue weighted by molar-refractivity contribution is -0.122. The van der Waals surface area contributed by atoms with Gasteiger partial charge in [-0.2, -0.15) is 0 Å². The highest BCUT2D eigenvalue weighted by molar-refractivity contribution is 8.26. The lowest BCUT2D eigenvalue weighted by atomic mass is 10.1. The molecule has 3 rings (SSSR count). The summed E-state index contributed by atoms with van der Waals surface area (Å²) in [5.74, 6) is 1.11. The molecular formula is C20H19NO4S2. The maximum Gasteiger partial charge on any atom is 0.266 e. The van der Waals surface area contributed by atoms with Gasteiger partial charge in [0.1, 0.15) is 10.1 Å². The summed E-state index contributed by atoms with van der Waals surface area (Å²) in [6.07, 6.45) is 2.46. The molecule has 0 unspecified atom stereocenters. The van der Waals surface area contributed by atoms with Crippen LogP contribution in [0.4, 0.5) is 0 Å². The third-order valence-corrected chi connectivity index (χ3v) is 5.54. The van der Waals surface area contributed by atoms with Gasteiger partial charge in [0.25, 0.3) is 5.91 Å². The third-order valence-electron chi connectivity index (χ3n) is 4.16. The summed E-state index contributed by atoms with van der Waals surface area (Å²) >= 11 is 6.66. The number of methoxy groups -OCH3 is 2. The number of thiocarbonyl (C=S) groups is 1. The van der Waals surface area contributed by atoms with E-state index in [2.05, 4.69) is 0 Å². The van der Waals surface area contributed by atoms with Crippen molar-refractivity contribution in [2.45, 2.75) is 6.42 Å². The van der Waals surface area contributed by atoms with E-state index in [9.17, 15) is 9.90 Å². The van der Waals surface area contributed by atoms with Crippen LogP contribution in [0.25, 0.3) is 6.08 Å². The molecular weight excluding hydrogens is 382 g/mol. The number of thioether (sulfide) groups is 1. The van der Waals surface area contributed by atoms with Crippen molar-refractivity contribution >= 4 is 40.3 Å². The predicted molar refractivity (Wildman–Crippen MR) is 111 cm³/mol. The second-order valence-corrected chi connectivity index (χ2v) is 7.54. The van der Waals surface area contributed by atoms with Gasteiger partial charge < -0.3 is 14.6 Å². The van der Waals surface area contributed by atoms with Crippen molar-refractivity contribution in [2.75, 3.05) is 20.8 Å². The van der Waals surface area contributed by atoms with Crippen LogP contribution in [0.5, 0.6) is 17.2 Å². The Morgan fingerprint density at radius 2 is 1.89 bits per heavy atom. The van der Waals surface area contributed by atoms with Crippen LogP contribution in [0, 0.1) is 0 Å². The molecule has 0 aromatic heterocycles. The summed E-state index contributed by atoms with van der Waals surface area (Å²) in [7, 11) is 3.11. The summed E-state index contributed by atoms with van der Waals surface area (Å²) in [4.78, 5) is 14.9. The fourth-order valence-corrected chi connectivity index (χ4v) is 3.97. The number of carbonyl (C=O) groups is 1. The zero-order valence-electron chi connectivity index (χ0n) is 15.0. The monoisotopic (exact) mass is 401 g/mol. The maximum absolute atomic E-state index is 12.7. The molecule has 5 nitrogen and oxygen atoms in total. The number of phenols is 1. The Morgan fingerprint density at radius 1 is 1.15 bits per heavy atom. The van der Waals surface area contributed by atoms with Gasteiger partial charge in [0.2, 0.25) is 0 Å². The fourth-order valence-electron chi connectivity index (χ4n) is 2.66. The molecule has 140 valence electrons. The molecule has 1 saturated heterocycles. The summed E-state index contributed by atoms with van der Waals surface area (Å²) < 4.78 is 10.8. The number of nitrogens with zero attached hydrogens (tertiary/aromatic N) is 1. The molecule has 0 radical (unpaired) electrons. The van der Waals surface area contributed by atoms with E-state index in [4.69, 9.17) is 21.7 Å². The molecule has 0 saturated carbocycles. The number of aromatic hydroxyl groups is 1. The summed E-state index contributed by atoms with van der Waals surface area (Å²) in [5.41, 5.74) is 1.87. The molecule has 1 amide bonds. The number of rotatable bonds is 6. The zero-order chi connectivity index (χ0) is 19.4. The molecule has 0 spiro atoms. The first-order chi connectivity index (χ1) is 13.0. The van der Waals surface area contributed by atoms with Gasteiger partial charge >= 0.3 is 0 Å². The highest BCUT2D eigenvalue weighted by Gasteiger charge is 2.31. The Bertz CT molecular complexity index is 893. The minimum absolute atomic E-state index is 0.0571. The molecule has 0 bridgehead atoms. The third kappa shape index (κ3) is 4.43. The standard InChI is InChI=1S/C20H19NO4S2/c1-24-15-6-3-13(4-7-15)9-10-21-19(23)18(27-20(21)26)12-14-5-8-16(22)17(11-14)25-2/h3-8,11-12,22H,9-10H2,1-2H3/b18-12-. The van der Waals surface area contributed by atoms with Crippen molar-refractivity contribution in [3.8, 4) is 17.2 Å². The molecule has 2 aromatic rings. The maximum atomic E-state index is 12.7. The molecule has 1 fully saturated rings. The molecule has 1 aliphatic heterocycles. The smallest absolute Gasteiger partial charge is 0.266 e. The van der Waals surface area contributed by atoms with Gasteiger partial charge in [-0.25, -0.2) is 0 Å². The lowest BCUT2D eigenvalue weighted by Gasteiger charge is -2.14. The topological polar surface area (TPSA) is 59.0 Å². The van der Waals surface area contributed by atoms with Gasteiger partial charge in [0.05, 0.1) is 19.1 Å². The van der Waals surface area contributed by atoms with Crippen LogP contribution in [0.1, 0.15) is 11.1 Å². The summed E-state index contributed by atoms with van der Waals surface area (Å²) in [6, 6.07) is 12.7. The van der Waals surface area contributed by atoms with Crippen LogP contribution in [-0.4, -0.2) is 41.0 Å². The first-order valence-corrected chi connectivity index (χ1v) is 9.49. The van der Waals surface area contributed by atoms with Crippen LogP contribution in [0.3, 0.4) is 0 Å². The van der Waals surface area contributed by atoms with Gasteiger partial charge in [-0.1, -0.05) is 42.2 Å². The normalized spacial score (nSPS) is 15.5. The van der Waals surface area contributed by atoms with Crippen LogP contribution >= 0.6 is 24.0 Å². The van der Waals surface area contributed by atoms with Crippen molar-refractivity contribution in [1.82, 2.24) is 4.90 Å². The molecule has 1 aliphatic rings. The van der Waals surface area contributed by atoms with E-state index >= 15 is 0 Å². The zero-order valence-corrected chi connectivity index (χ0v) is 16.6. The Balaban J connectivity index is 1.70. The van der Waals surface area contributed by atoms with Crippen LogP contribution in [0.2, 0.25) is 0 Å². The van der Waals surface area contributed by atoms with Gasteiger partial charge in [-0.3, -0.25) is 9.69 Å². The predicted octanol–water partition coefficient (Wildman–Crippen LogP) is 3.85. The fraction of sp³-hybridized carbons (Fsp3) is 0.200. The first kappa shape index (κ1) is 19.3. The van der Waals surface area contributed by atoms with Crippen LogP contribution in [0.15, 0.2) is 47.4 Å². The Morgan fingerprint density at radius 3 is 2.56 bits per heavy atom. The van der Waals surface area contributed by atoms with E-state index in [-0.39, 0.29) is 11.7 Å². The van der Waals surface area contributed by atoms with Crippen LogP contribution < -0.4 is 9.47 Å². The molecule has 0 aliphatic carbocycles. The Labute approximate surface area is 167 Å². The highest BCUT2D eigenvalue weighted by atomic mass is 32.2. The largest absolute Gasteiger partial charge is 0.504 e. The van der Waals surface area contributed by atoms with Crippen molar-refractivity contribution in [1.29, 1.82) is 0 Å². The van der Waals surface area contributed by atoms with Crippen molar-refractivity contribution in [3.63, 3.8) is 0 Å². The minimum atomic E-state index is -0.106. The summed E-state index contributed by atoms with van der Waals surface area (Å²) in [6.45, 7) is 0.521. The second-order valence-electron chi connectivity index (χ2n) is 5.86. The molecule has 0 atom stereocenters. The molecule has 27 heavy (non-hydrogen) atoms. The van der Waals surface area contributed by atoms with Crippen molar-refractivity contribution in [2.24, 2.45) is 0 Å². The van der Waals surface area contributed by atoms with Crippen molar-refractivity contribution < 1.29 is 19.4 Å².